The van der Waals surface area contributed by atoms with E-state index < -0.39 is 0 Å². The highest BCUT2D eigenvalue weighted by atomic mass is 16.5. The van der Waals surface area contributed by atoms with Crippen LogP contribution in [0.3, 0.4) is 0 Å². The first-order valence-corrected chi connectivity index (χ1v) is 9.56. The highest BCUT2D eigenvalue weighted by molar-refractivity contribution is 5.91. The summed E-state index contributed by atoms with van der Waals surface area (Å²) < 4.78 is 11.3. The molecule has 0 aliphatic rings. The van der Waals surface area contributed by atoms with Crippen LogP contribution in [0.2, 0.25) is 0 Å². The van der Waals surface area contributed by atoms with Gasteiger partial charge in [0.1, 0.15) is 17.2 Å². The van der Waals surface area contributed by atoms with Gasteiger partial charge in [-0.25, -0.2) is 0 Å². The highest BCUT2D eigenvalue weighted by Gasteiger charge is 2.07. The summed E-state index contributed by atoms with van der Waals surface area (Å²) in [6.45, 7) is 1.88. The quantitative estimate of drug-likeness (QED) is 0.601. The average Bonchev–Trinajstić information content (AvgIpc) is 2.74. The Balaban J connectivity index is 1.49. The molecule has 0 heterocycles. The molecule has 0 spiro atoms. The molecule has 6 nitrogen and oxygen atoms in total. The molecule has 0 atom stereocenters. The topological polar surface area (TPSA) is 67.9 Å². The Bertz CT molecular complexity index is 988. The number of benzene rings is 3. The Kier molecular flexibility index (Phi) is 7.05. The standard InChI is InChI=1S/C24H24N2O4/c1-18(27)26(2)16-19-7-6-8-20(15-19)25-24(28)17-29-21-11-13-23(14-12-21)30-22-9-4-3-5-10-22/h3-15H,16-17H2,1-2H3,(H,25,28). The van der Waals surface area contributed by atoms with Gasteiger partial charge in [0.15, 0.2) is 6.61 Å². The van der Waals surface area contributed by atoms with Crippen LogP contribution in [0.5, 0.6) is 17.2 Å². The van der Waals surface area contributed by atoms with Crippen molar-refractivity contribution < 1.29 is 19.1 Å². The minimum atomic E-state index is -0.267. The summed E-state index contributed by atoms with van der Waals surface area (Å²) in [5, 5.41) is 2.81. The van der Waals surface area contributed by atoms with Crippen LogP contribution in [0, 0.1) is 0 Å². The van der Waals surface area contributed by atoms with E-state index in [2.05, 4.69) is 5.32 Å². The molecule has 2 amide bonds. The Labute approximate surface area is 176 Å². The van der Waals surface area contributed by atoms with E-state index in [4.69, 9.17) is 9.47 Å². The number of amides is 2. The number of hydrogen-bond acceptors (Lipinski definition) is 4. The van der Waals surface area contributed by atoms with E-state index in [9.17, 15) is 9.59 Å². The van der Waals surface area contributed by atoms with Crippen molar-refractivity contribution in [2.45, 2.75) is 13.5 Å². The van der Waals surface area contributed by atoms with Crippen LogP contribution in [-0.4, -0.2) is 30.4 Å². The van der Waals surface area contributed by atoms with Crippen LogP contribution in [0.25, 0.3) is 0 Å². The summed E-state index contributed by atoms with van der Waals surface area (Å²) in [6, 6.07) is 24.0. The van der Waals surface area contributed by atoms with E-state index in [1.165, 1.54) is 6.92 Å². The molecule has 154 valence electrons. The summed E-state index contributed by atoms with van der Waals surface area (Å²) in [4.78, 5) is 25.2. The van der Waals surface area contributed by atoms with Gasteiger partial charge in [-0.15, -0.1) is 0 Å². The van der Waals surface area contributed by atoms with Crippen LogP contribution in [0.4, 0.5) is 5.69 Å². The van der Waals surface area contributed by atoms with Crippen molar-refractivity contribution >= 4 is 17.5 Å². The van der Waals surface area contributed by atoms with E-state index in [1.54, 1.807) is 42.3 Å². The van der Waals surface area contributed by atoms with Gasteiger partial charge >= 0.3 is 0 Å². The van der Waals surface area contributed by atoms with Crippen LogP contribution in [0.1, 0.15) is 12.5 Å². The molecule has 0 saturated carbocycles. The van der Waals surface area contributed by atoms with E-state index in [1.807, 2.05) is 48.5 Å². The number of nitrogens with one attached hydrogen (secondary N) is 1. The van der Waals surface area contributed by atoms with Gasteiger partial charge in [-0.1, -0.05) is 30.3 Å². The number of carbonyl (C=O) groups is 2. The fourth-order valence-electron chi connectivity index (χ4n) is 2.71. The van der Waals surface area contributed by atoms with E-state index in [-0.39, 0.29) is 18.4 Å². The monoisotopic (exact) mass is 404 g/mol. The number of anilines is 1. The molecule has 3 aromatic carbocycles. The van der Waals surface area contributed by atoms with Crippen molar-refractivity contribution in [1.29, 1.82) is 0 Å². The first-order valence-electron chi connectivity index (χ1n) is 9.56. The van der Waals surface area contributed by atoms with Crippen LogP contribution in [0.15, 0.2) is 78.9 Å². The maximum Gasteiger partial charge on any atom is 0.262 e. The fourth-order valence-corrected chi connectivity index (χ4v) is 2.71. The maximum atomic E-state index is 12.2. The number of hydrogen-bond donors (Lipinski definition) is 1. The first-order chi connectivity index (χ1) is 14.5. The Hall–Kier alpha value is -3.80. The molecule has 0 aliphatic heterocycles. The Morgan fingerprint density at radius 1 is 0.867 bits per heavy atom. The van der Waals surface area contributed by atoms with E-state index >= 15 is 0 Å². The van der Waals surface area contributed by atoms with Crippen molar-refractivity contribution in [3.63, 3.8) is 0 Å². The van der Waals surface area contributed by atoms with Crippen molar-refractivity contribution in [3.8, 4) is 17.2 Å². The first kappa shape index (κ1) is 20.9. The number of para-hydroxylation sites is 1. The van der Waals surface area contributed by atoms with Gasteiger partial charge in [-0.2, -0.15) is 0 Å². The molecule has 6 heteroatoms. The van der Waals surface area contributed by atoms with Gasteiger partial charge in [-0.3, -0.25) is 9.59 Å². The highest BCUT2D eigenvalue weighted by Crippen LogP contribution is 2.23. The van der Waals surface area contributed by atoms with Gasteiger partial charge in [0.05, 0.1) is 0 Å². The molecule has 0 unspecified atom stereocenters. The number of rotatable bonds is 8. The summed E-state index contributed by atoms with van der Waals surface area (Å²) in [7, 11) is 1.73. The third-order valence-electron chi connectivity index (χ3n) is 4.34. The lowest BCUT2D eigenvalue weighted by molar-refractivity contribution is -0.128. The Morgan fingerprint density at radius 2 is 1.53 bits per heavy atom. The lowest BCUT2D eigenvalue weighted by Crippen LogP contribution is -2.23. The van der Waals surface area contributed by atoms with Crippen LogP contribution < -0.4 is 14.8 Å². The lowest BCUT2D eigenvalue weighted by atomic mass is 10.2. The van der Waals surface area contributed by atoms with Gasteiger partial charge in [0.2, 0.25) is 5.91 Å². The third kappa shape index (κ3) is 6.38. The molecule has 0 fully saturated rings. The second-order valence-corrected chi connectivity index (χ2v) is 6.80. The van der Waals surface area contributed by atoms with Gasteiger partial charge in [0.25, 0.3) is 5.91 Å². The number of ether oxygens (including phenoxy) is 2. The zero-order chi connectivity index (χ0) is 21.3. The minimum absolute atomic E-state index is 0.0157. The molecule has 3 rings (SSSR count). The summed E-state index contributed by atoms with van der Waals surface area (Å²) in [6.07, 6.45) is 0. The molecule has 30 heavy (non-hydrogen) atoms. The van der Waals surface area contributed by atoms with E-state index in [0.29, 0.717) is 23.7 Å². The van der Waals surface area contributed by atoms with Crippen molar-refractivity contribution in [3.05, 3.63) is 84.4 Å². The molecule has 1 N–H and O–H groups in total. The molecular weight excluding hydrogens is 380 g/mol. The van der Waals surface area contributed by atoms with Crippen LogP contribution >= 0.6 is 0 Å². The van der Waals surface area contributed by atoms with Crippen molar-refractivity contribution in [2.75, 3.05) is 19.0 Å². The number of carbonyl (C=O) groups excluding carboxylic acids is 2. The molecule has 0 radical (unpaired) electrons. The molecule has 0 bridgehead atoms. The van der Waals surface area contributed by atoms with Gasteiger partial charge < -0.3 is 19.7 Å². The number of nitrogens with zero attached hydrogens (tertiary/aromatic N) is 1. The molecule has 0 saturated heterocycles. The SMILES string of the molecule is CC(=O)N(C)Cc1cccc(NC(=O)COc2ccc(Oc3ccccc3)cc2)c1. The summed E-state index contributed by atoms with van der Waals surface area (Å²) in [5.41, 5.74) is 1.59. The third-order valence-corrected chi connectivity index (χ3v) is 4.34. The minimum Gasteiger partial charge on any atom is -0.484 e. The second kappa shape index (κ2) is 10.1. The fraction of sp³-hybridized carbons (Fsp3) is 0.167. The summed E-state index contributed by atoms with van der Waals surface area (Å²) >= 11 is 0. The Morgan fingerprint density at radius 3 is 2.23 bits per heavy atom. The van der Waals surface area contributed by atoms with E-state index in [0.717, 1.165) is 11.3 Å². The lowest BCUT2D eigenvalue weighted by Gasteiger charge is -2.15. The smallest absolute Gasteiger partial charge is 0.262 e. The van der Waals surface area contributed by atoms with Gasteiger partial charge in [-0.05, 0) is 54.1 Å². The predicted molar refractivity (Wildman–Crippen MR) is 116 cm³/mol. The average molecular weight is 404 g/mol. The summed E-state index contributed by atoms with van der Waals surface area (Å²) in [5.74, 6) is 1.73. The molecule has 0 aromatic heterocycles. The zero-order valence-electron chi connectivity index (χ0n) is 17.0. The molecule has 3 aromatic rings. The van der Waals surface area contributed by atoms with Crippen LogP contribution in [-0.2, 0) is 16.1 Å². The largest absolute Gasteiger partial charge is 0.484 e. The van der Waals surface area contributed by atoms with Crippen molar-refractivity contribution in [1.82, 2.24) is 4.90 Å². The molecular formula is C24H24N2O4. The van der Waals surface area contributed by atoms with Crippen molar-refractivity contribution in [2.24, 2.45) is 0 Å². The normalized spacial score (nSPS) is 10.2. The van der Waals surface area contributed by atoms with Gasteiger partial charge in [0, 0.05) is 26.2 Å². The molecule has 0 aliphatic carbocycles. The second-order valence-electron chi connectivity index (χ2n) is 6.80. The zero-order valence-corrected chi connectivity index (χ0v) is 17.0. The maximum absolute atomic E-state index is 12.2. The predicted octanol–water partition coefficient (Wildman–Crippen LogP) is 4.47.